The molecule has 1 aliphatic carbocycles. The van der Waals surface area contributed by atoms with Crippen LogP contribution in [0.15, 0.2) is 176 Å². The Bertz CT molecular complexity index is 2260. The van der Waals surface area contributed by atoms with Crippen molar-refractivity contribution in [2.75, 3.05) is 0 Å². The van der Waals surface area contributed by atoms with Gasteiger partial charge in [-0.1, -0.05) is 146 Å². The van der Waals surface area contributed by atoms with Gasteiger partial charge in [0.1, 0.15) is 0 Å². The lowest BCUT2D eigenvalue weighted by Gasteiger charge is -2.34. The van der Waals surface area contributed by atoms with E-state index in [2.05, 4.69) is 180 Å². The molecule has 7 aromatic carbocycles. The highest BCUT2D eigenvalue weighted by atomic mass is 15.0. The van der Waals surface area contributed by atoms with Crippen LogP contribution >= 0.6 is 0 Å². The third-order valence-electron chi connectivity index (χ3n) is 9.50. The average molecular weight is 560 g/mol. The molecule has 1 aliphatic rings. The molecule has 9 rings (SSSR count). The second-order valence-electron chi connectivity index (χ2n) is 11.7. The topological polar surface area (TPSA) is 4.93 Å². The first-order chi connectivity index (χ1) is 21.8. The molecule has 1 heterocycles. The summed E-state index contributed by atoms with van der Waals surface area (Å²) in [6, 6.07) is 64.4. The highest BCUT2D eigenvalue weighted by molar-refractivity contribution is 6.10. The first-order valence-corrected chi connectivity index (χ1v) is 15.3. The molecule has 0 N–H and O–H groups in total. The summed E-state index contributed by atoms with van der Waals surface area (Å²) in [5, 5.41) is 2.54. The second-order valence-corrected chi connectivity index (χ2v) is 11.7. The van der Waals surface area contributed by atoms with E-state index in [1.165, 1.54) is 72.0 Å². The van der Waals surface area contributed by atoms with Crippen LogP contribution in [0.3, 0.4) is 0 Å². The largest absolute Gasteiger partial charge is 0.309 e. The number of rotatable bonds is 4. The van der Waals surface area contributed by atoms with Gasteiger partial charge in [-0.05, 0) is 74.8 Å². The van der Waals surface area contributed by atoms with Gasteiger partial charge in [-0.2, -0.15) is 0 Å². The van der Waals surface area contributed by atoms with Crippen LogP contribution in [0.2, 0.25) is 0 Å². The molecule has 1 aromatic heterocycles. The number of para-hydroxylation sites is 2. The quantitative estimate of drug-likeness (QED) is 0.202. The first-order valence-electron chi connectivity index (χ1n) is 15.3. The van der Waals surface area contributed by atoms with Crippen LogP contribution < -0.4 is 0 Å². The van der Waals surface area contributed by atoms with E-state index in [0.717, 1.165) is 0 Å². The molecule has 0 saturated carbocycles. The fourth-order valence-electron chi connectivity index (χ4n) is 7.63. The molecule has 0 atom stereocenters. The summed E-state index contributed by atoms with van der Waals surface area (Å²) in [6.45, 7) is 0. The van der Waals surface area contributed by atoms with E-state index in [4.69, 9.17) is 0 Å². The molecule has 0 aliphatic heterocycles. The SMILES string of the molecule is c1ccc(-n2c3ccccc3c3cc(-c4ccc(C5(c6ccccc6)c6ccccc6-c6ccccc65)cc4)ccc32)cc1. The van der Waals surface area contributed by atoms with Gasteiger partial charge in [-0.15, -0.1) is 0 Å². The van der Waals surface area contributed by atoms with E-state index in [1.807, 2.05) is 0 Å². The van der Waals surface area contributed by atoms with Crippen LogP contribution in [0.4, 0.5) is 0 Å². The van der Waals surface area contributed by atoms with E-state index in [0.29, 0.717) is 0 Å². The summed E-state index contributed by atoms with van der Waals surface area (Å²) in [5.41, 5.74) is 13.6. The number of nitrogens with zero attached hydrogens (tertiary/aromatic N) is 1. The van der Waals surface area contributed by atoms with Gasteiger partial charge in [-0.3, -0.25) is 0 Å². The van der Waals surface area contributed by atoms with Crippen molar-refractivity contribution in [2.24, 2.45) is 0 Å². The predicted molar refractivity (Wildman–Crippen MR) is 184 cm³/mol. The second kappa shape index (κ2) is 9.69. The standard InChI is InChI=1S/C43H29N/c1-3-13-32(14-4-1)43(39-20-10-7-17-35(39)36-18-8-11-21-40(36)43)33-26-23-30(24-27-33)31-25-28-42-38(29-31)37-19-9-12-22-41(37)44(42)34-15-5-2-6-16-34/h1-29H. The van der Waals surface area contributed by atoms with Crippen LogP contribution in [0.1, 0.15) is 22.3 Å². The molecular weight excluding hydrogens is 530 g/mol. The minimum absolute atomic E-state index is 0.375. The lowest BCUT2D eigenvalue weighted by Crippen LogP contribution is -2.28. The number of aromatic nitrogens is 1. The summed E-state index contributed by atoms with van der Waals surface area (Å²) in [4.78, 5) is 0. The maximum Gasteiger partial charge on any atom is 0.0713 e. The summed E-state index contributed by atoms with van der Waals surface area (Å²) >= 11 is 0. The third-order valence-corrected chi connectivity index (χ3v) is 9.50. The molecule has 0 spiro atoms. The Kier molecular flexibility index (Phi) is 5.48. The monoisotopic (exact) mass is 559 g/mol. The summed E-state index contributed by atoms with van der Waals surface area (Å²) in [6.07, 6.45) is 0. The molecule has 0 amide bonds. The Hall–Kier alpha value is -5.66. The molecule has 1 heteroatoms. The smallest absolute Gasteiger partial charge is 0.0713 e. The molecule has 44 heavy (non-hydrogen) atoms. The highest BCUT2D eigenvalue weighted by Crippen LogP contribution is 2.56. The van der Waals surface area contributed by atoms with Gasteiger partial charge >= 0.3 is 0 Å². The zero-order valence-corrected chi connectivity index (χ0v) is 24.2. The maximum atomic E-state index is 2.37. The molecule has 0 fully saturated rings. The number of fused-ring (bicyclic) bond motifs is 6. The number of hydrogen-bond donors (Lipinski definition) is 0. The highest BCUT2D eigenvalue weighted by Gasteiger charge is 2.45. The molecule has 0 unspecified atom stereocenters. The lowest BCUT2D eigenvalue weighted by atomic mass is 9.67. The van der Waals surface area contributed by atoms with Gasteiger partial charge < -0.3 is 4.57 Å². The zero-order valence-electron chi connectivity index (χ0n) is 24.2. The Balaban J connectivity index is 1.22. The van der Waals surface area contributed by atoms with Gasteiger partial charge in [0.05, 0.1) is 16.4 Å². The maximum absolute atomic E-state index is 2.37. The van der Waals surface area contributed by atoms with Crippen molar-refractivity contribution in [1.29, 1.82) is 0 Å². The minimum Gasteiger partial charge on any atom is -0.309 e. The van der Waals surface area contributed by atoms with E-state index in [-0.39, 0.29) is 5.41 Å². The fourth-order valence-corrected chi connectivity index (χ4v) is 7.63. The Labute approximate surface area is 257 Å². The summed E-state index contributed by atoms with van der Waals surface area (Å²) in [7, 11) is 0. The van der Waals surface area contributed by atoms with Crippen LogP contribution in [0, 0.1) is 0 Å². The minimum atomic E-state index is -0.375. The van der Waals surface area contributed by atoms with E-state index in [9.17, 15) is 0 Å². The van der Waals surface area contributed by atoms with Crippen LogP contribution in [-0.2, 0) is 5.41 Å². The van der Waals surface area contributed by atoms with Gasteiger partial charge in [0.2, 0.25) is 0 Å². The molecule has 0 radical (unpaired) electrons. The molecule has 206 valence electrons. The fraction of sp³-hybridized carbons (Fsp3) is 0.0233. The van der Waals surface area contributed by atoms with Crippen LogP contribution in [0.5, 0.6) is 0 Å². The zero-order chi connectivity index (χ0) is 29.1. The van der Waals surface area contributed by atoms with Crippen molar-refractivity contribution in [2.45, 2.75) is 5.41 Å². The Morgan fingerprint density at radius 1 is 0.364 bits per heavy atom. The molecular formula is C43H29N. The van der Waals surface area contributed by atoms with Crippen LogP contribution in [-0.4, -0.2) is 4.57 Å². The van der Waals surface area contributed by atoms with E-state index < -0.39 is 0 Å². The van der Waals surface area contributed by atoms with E-state index in [1.54, 1.807) is 0 Å². The van der Waals surface area contributed by atoms with Gasteiger partial charge in [0, 0.05) is 16.5 Å². The third kappa shape index (κ3) is 3.47. The Morgan fingerprint density at radius 3 is 1.59 bits per heavy atom. The number of benzene rings is 7. The van der Waals surface area contributed by atoms with Crippen molar-refractivity contribution in [1.82, 2.24) is 4.57 Å². The molecule has 0 bridgehead atoms. The molecule has 1 nitrogen and oxygen atoms in total. The summed E-state index contributed by atoms with van der Waals surface area (Å²) < 4.78 is 2.37. The van der Waals surface area contributed by atoms with Crippen LogP contribution in [0.25, 0.3) is 49.7 Å². The lowest BCUT2D eigenvalue weighted by molar-refractivity contribution is 0.768. The first kappa shape index (κ1) is 24.9. The van der Waals surface area contributed by atoms with Gasteiger partial charge in [0.25, 0.3) is 0 Å². The average Bonchev–Trinajstić information content (AvgIpc) is 3.60. The Morgan fingerprint density at radius 2 is 0.886 bits per heavy atom. The normalized spacial score (nSPS) is 13.2. The molecule has 8 aromatic rings. The van der Waals surface area contributed by atoms with Gasteiger partial charge in [-0.25, -0.2) is 0 Å². The predicted octanol–water partition coefficient (Wildman–Crippen LogP) is 10.8. The van der Waals surface area contributed by atoms with E-state index >= 15 is 0 Å². The van der Waals surface area contributed by atoms with Crippen molar-refractivity contribution in [3.63, 3.8) is 0 Å². The van der Waals surface area contributed by atoms with Crippen molar-refractivity contribution >= 4 is 21.8 Å². The van der Waals surface area contributed by atoms with Crippen molar-refractivity contribution in [3.8, 4) is 27.9 Å². The summed E-state index contributed by atoms with van der Waals surface area (Å²) in [5.74, 6) is 0. The van der Waals surface area contributed by atoms with Crippen molar-refractivity contribution < 1.29 is 0 Å². The molecule has 0 saturated heterocycles. The van der Waals surface area contributed by atoms with Gasteiger partial charge in [0.15, 0.2) is 0 Å². The number of hydrogen-bond acceptors (Lipinski definition) is 0. The van der Waals surface area contributed by atoms with Crippen molar-refractivity contribution in [3.05, 3.63) is 198 Å².